The van der Waals surface area contributed by atoms with Crippen LogP contribution in [0.3, 0.4) is 0 Å². The van der Waals surface area contributed by atoms with Gasteiger partial charge in [-0.25, -0.2) is 4.98 Å². The van der Waals surface area contributed by atoms with E-state index in [0.717, 1.165) is 28.0 Å². The Labute approximate surface area is 99.2 Å². The summed E-state index contributed by atoms with van der Waals surface area (Å²) in [6.45, 7) is 1.98. The third-order valence-corrected chi connectivity index (χ3v) is 2.64. The van der Waals surface area contributed by atoms with Crippen molar-refractivity contribution in [2.24, 2.45) is 0 Å². The molecule has 3 aromatic heterocycles. The summed E-state index contributed by atoms with van der Waals surface area (Å²) in [6, 6.07) is 11.9. The van der Waals surface area contributed by atoms with Gasteiger partial charge in [0, 0.05) is 23.5 Å². The van der Waals surface area contributed by atoms with Crippen molar-refractivity contribution in [3.8, 4) is 11.4 Å². The second-order valence-electron chi connectivity index (χ2n) is 3.93. The highest BCUT2D eigenvalue weighted by atomic mass is 14.8. The Kier molecular flexibility index (Phi) is 2.29. The second-order valence-corrected chi connectivity index (χ2v) is 3.93. The van der Waals surface area contributed by atoms with Gasteiger partial charge < -0.3 is 0 Å². The van der Waals surface area contributed by atoms with Gasteiger partial charge in [0.25, 0.3) is 0 Å². The van der Waals surface area contributed by atoms with Gasteiger partial charge in [0.05, 0.1) is 16.9 Å². The summed E-state index contributed by atoms with van der Waals surface area (Å²) in [7, 11) is 0. The first-order valence-electron chi connectivity index (χ1n) is 5.48. The molecule has 0 aliphatic rings. The molecule has 3 heterocycles. The van der Waals surface area contributed by atoms with Gasteiger partial charge in [0.15, 0.2) is 0 Å². The summed E-state index contributed by atoms with van der Waals surface area (Å²) in [5.74, 6) is 0. The predicted octanol–water partition coefficient (Wildman–Crippen LogP) is 3.00. The van der Waals surface area contributed by atoms with Gasteiger partial charge in [-0.1, -0.05) is 6.07 Å². The normalized spacial score (nSPS) is 10.6. The van der Waals surface area contributed by atoms with E-state index in [4.69, 9.17) is 0 Å². The van der Waals surface area contributed by atoms with Crippen LogP contribution < -0.4 is 0 Å². The number of aryl methyl sites for hydroxylation is 1. The van der Waals surface area contributed by atoms with Crippen LogP contribution >= 0.6 is 0 Å². The van der Waals surface area contributed by atoms with Gasteiger partial charge in [-0.05, 0) is 37.3 Å². The third kappa shape index (κ3) is 1.87. The Bertz CT molecular complexity index is 677. The van der Waals surface area contributed by atoms with Crippen molar-refractivity contribution in [2.75, 3.05) is 0 Å². The molecule has 0 saturated carbocycles. The van der Waals surface area contributed by atoms with Crippen molar-refractivity contribution in [1.82, 2.24) is 15.0 Å². The first kappa shape index (κ1) is 9.90. The molecule has 0 unspecified atom stereocenters. The molecule has 0 N–H and O–H groups in total. The van der Waals surface area contributed by atoms with E-state index >= 15 is 0 Å². The number of fused-ring (bicyclic) bond motifs is 1. The number of aromatic nitrogens is 3. The van der Waals surface area contributed by atoms with Crippen LogP contribution in [0.4, 0.5) is 0 Å². The van der Waals surface area contributed by atoms with Crippen LogP contribution in [0.5, 0.6) is 0 Å². The van der Waals surface area contributed by atoms with Crippen LogP contribution in [-0.2, 0) is 0 Å². The minimum atomic E-state index is 0.896. The van der Waals surface area contributed by atoms with E-state index in [2.05, 4.69) is 15.0 Å². The van der Waals surface area contributed by atoms with Crippen molar-refractivity contribution in [3.63, 3.8) is 0 Å². The van der Waals surface area contributed by atoms with E-state index < -0.39 is 0 Å². The first-order valence-corrected chi connectivity index (χ1v) is 5.48. The molecule has 0 amide bonds. The molecule has 0 aliphatic carbocycles. The zero-order chi connectivity index (χ0) is 11.7. The smallest absolute Gasteiger partial charge is 0.0894 e. The summed E-state index contributed by atoms with van der Waals surface area (Å²) >= 11 is 0. The maximum Gasteiger partial charge on any atom is 0.0894 e. The molecule has 0 fully saturated rings. The van der Waals surface area contributed by atoms with Crippen LogP contribution in [0.15, 0.2) is 48.8 Å². The maximum absolute atomic E-state index is 4.58. The topological polar surface area (TPSA) is 38.7 Å². The minimum Gasteiger partial charge on any atom is -0.264 e. The van der Waals surface area contributed by atoms with Crippen molar-refractivity contribution >= 4 is 10.9 Å². The molecular weight excluding hydrogens is 210 g/mol. The Morgan fingerprint density at radius 1 is 0.882 bits per heavy atom. The molecular formula is C14H11N3. The molecule has 0 aromatic carbocycles. The number of pyridine rings is 3. The van der Waals surface area contributed by atoms with Gasteiger partial charge in [0.1, 0.15) is 0 Å². The van der Waals surface area contributed by atoms with E-state index in [9.17, 15) is 0 Å². The van der Waals surface area contributed by atoms with Crippen LogP contribution in [-0.4, -0.2) is 15.0 Å². The fourth-order valence-corrected chi connectivity index (χ4v) is 1.79. The van der Waals surface area contributed by atoms with Crippen LogP contribution in [0.1, 0.15) is 5.69 Å². The summed E-state index contributed by atoms with van der Waals surface area (Å²) in [6.07, 6.45) is 3.57. The standard InChI is InChI=1S/C14H11N3/c1-10-3-2-4-13(16-10)14-6-5-11-9-15-8-7-12(11)17-14/h2-9H,1H3. The summed E-state index contributed by atoms with van der Waals surface area (Å²) in [4.78, 5) is 13.1. The molecule has 3 aromatic rings. The Morgan fingerprint density at radius 2 is 1.76 bits per heavy atom. The SMILES string of the molecule is Cc1cccc(-c2ccc3cnccc3n2)n1. The average molecular weight is 221 g/mol. The summed E-state index contributed by atoms with van der Waals surface area (Å²) in [5, 5.41) is 1.05. The monoisotopic (exact) mass is 221 g/mol. The zero-order valence-corrected chi connectivity index (χ0v) is 9.46. The summed E-state index contributed by atoms with van der Waals surface area (Å²) < 4.78 is 0. The average Bonchev–Trinajstić information content (AvgIpc) is 2.38. The molecule has 0 spiro atoms. The van der Waals surface area contributed by atoms with Gasteiger partial charge in [-0.2, -0.15) is 0 Å². The molecule has 17 heavy (non-hydrogen) atoms. The van der Waals surface area contributed by atoms with E-state index in [0.29, 0.717) is 0 Å². The Hall–Kier alpha value is -2.29. The third-order valence-electron chi connectivity index (χ3n) is 2.64. The maximum atomic E-state index is 4.58. The van der Waals surface area contributed by atoms with Gasteiger partial charge in [0.2, 0.25) is 0 Å². The van der Waals surface area contributed by atoms with E-state index in [1.807, 2.05) is 49.5 Å². The largest absolute Gasteiger partial charge is 0.264 e. The minimum absolute atomic E-state index is 0.896. The molecule has 0 bridgehead atoms. The quantitative estimate of drug-likeness (QED) is 0.634. The molecule has 3 nitrogen and oxygen atoms in total. The van der Waals surface area contributed by atoms with Crippen LogP contribution in [0, 0.1) is 6.92 Å². The van der Waals surface area contributed by atoms with E-state index in [1.165, 1.54) is 0 Å². The van der Waals surface area contributed by atoms with Crippen molar-refractivity contribution in [3.05, 3.63) is 54.5 Å². The van der Waals surface area contributed by atoms with Crippen LogP contribution in [0.2, 0.25) is 0 Å². The molecule has 3 heteroatoms. The lowest BCUT2D eigenvalue weighted by Crippen LogP contribution is -1.90. The number of hydrogen-bond donors (Lipinski definition) is 0. The highest BCUT2D eigenvalue weighted by Gasteiger charge is 2.02. The van der Waals surface area contributed by atoms with Crippen molar-refractivity contribution in [1.29, 1.82) is 0 Å². The molecule has 82 valence electrons. The van der Waals surface area contributed by atoms with Crippen molar-refractivity contribution in [2.45, 2.75) is 6.92 Å². The van der Waals surface area contributed by atoms with Gasteiger partial charge in [-0.3, -0.25) is 9.97 Å². The Balaban J connectivity index is 2.18. The molecule has 0 radical (unpaired) electrons. The lowest BCUT2D eigenvalue weighted by Gasteiger charge is -2.02. The lowest BCUT2D eigenvalue weighted by molar-refractivity contribution is 1.18. The zero-order valence-electron chi connectivity index (χ0n) is 9.46. The molecule has 0 saturated heterocycles. The summed E-state index contributed by atoms with van der Waals surface area (Å²) in [5.41, 5.74) is 3.75. The fourth-order valence-electron chi connectivity index (χ4n) is 1.79. The van der Waals surface area contributed by atoms with E-state index in [1.54, 1.807) is 6.20 Å². The number of hydrogen-bond acceptors (Lipinski definition) is 3. The first-order chi connectivity index (χ1) is 8.33. The van der Waals surface area contributed by atoms with Gasteiger partial charge in [-0.15, -0.1) is 0 Å². The molecule has 0 atom stereocenters. The lowest BCUT2D eigenvalue weighted by atomic mass is 10.2. The Morgan fingerprint density at radius 3 is 2.65 bits per heavy atom. The van der Waals surface area contributed by atoms with Gasteiger partial charge >= 0.3 is 0 Å². The fraction of sp³-hybridized carbons (Fsp3) is 0.0714. The highest BCUT2D eigenvalue weighted by molar-refractivity contribution is 5.79. The van der Waals surface area contributed by atoms with E-state index in [-0.39, 0.29) is 0 Å². The van der Waals surface area contributed by atoms with Crippen molar-refractivity contribution < 1.29 is 0 Å². The predicted molar refractivity (Wildman–Crippen MR) is 67.5 cm³/mol. The number of nitrogens with zero attached hydrogens (tertiary/aromatic N) is 3. The second kappa shape index (κ2) is 3.94. The van der Waals surface area contributed by atoms with Crippen LogP contribution in [0.25, 0.3) is 22.3 Å². The molecule has 3 rings (SSSR count). The molecule has 0 aliphatic heterocycles. The highest BCUT2D eigenvalue weighted by Crippen LogP contribution is 2.18. The number of rotatable bonds is 1.